The van der Waals surface area contributed by atoms with E-state index in [9.17, 15) is 19.4 Å². The second-order valence-electron chi connectivity index (χ2n) is 8.78. The average Bonchev–Trinajstić information content (AvgIpc) is 2.75. The first-order valence-electron chi connectivity index (χ1n) is 10.6. The number of halogens is 1. The lowest BCUT2D eigenvalue weighted by Crippen LogP contribution is -2.80. The predicted octanol–water partition coefficient (Wildman–Crippen LogP) is 1.65. The molecule has 8 heteroatoms. The van der Waals surface area contributed by atoms with Crippen molar-refractivity contribution in [2.75, 3.05) is 45.9 Å². The van der Waals surface area contributed by atoms with Crippen molar-refractivity contribution >= 4 is 5.91 Å². The molecule has 1 unspecified atom stereocenters. The number of hydrogen-bond acceptors (Lipinski definition) is 6. The van der Waals surface area contributed by atoms with Crippen LogP contribution >= 0.6 is 0 Å². The van der Waals surface area contributed by atoms with Crippen molar-refractivity contribution in [2.24, 2.45) is 0 Å². The number of rotatable bonds is 3. The average molecular weight is 427 g/mol. The van der Waals surface area contributed by atoms with Crippen molar-refractivity contribution in [3.05, 3.63) is 59.4 Å². The normalized spacial score (nSPS) is 23.4. The molecule has 0 aliphatic carbocycles. The summed E-state index contributed by atoms with van der Waals surface area (Å²) in [6.07, 6.45) is 0. The molecule has 7 nitrogen and oxygen atoms in total. The highest BCUT2D eigenvalue weighted by Crippen LogP contribution is 2.37. The van der Waals surface area contributed by atoms with E-state index in [-0.39, 0.29) is 34.6 Å². The number of carbonyl (C=O) groups is 1. The van der Waals surface area contributed by atoms with Crippen molar-refractivity contribution in [3.8, 4) is 11.5 Å². The molecule has 5 rings (SSSR count). The lowest BCUT2D eigenvalue weighted by Gasteiger charge is -2.63. The van der Waals surface area contributed by atoms with Crippen molar-refractivity contribution in [1.29, 1.82) is 0 Å². The first-order chi connectivity index (χ1) is 14.9. The van der Waals surface area contributed by atoms with Crippen LogP contribution in [0.5, 0.6) is 11.5 Å². The van der Waals surface area contributed by atoms with Crippen LogP contribution < -0.4 is 0 Å². The molecule has 3 aliphatic heterocycles. The molecule has 1 spiro atoms. The molecular weight excluding hydrogens is 401 g/mol. The van der Waals surface area contributed by atoms with Crippen LogP contribution in [-0.2, 0) is 11.3 Å². The topological polar surface area (TPSA) is 76.5 Å². The van der Waals surface area contributed by atoms with Gasteiger partial charge in [-0.1, -0.05) is 18.2 Å². The van der Waals surface area contributed by atoms with Crippen LogP contribution in [-0.4, -0.2) is 88.3 Å². The summed E-state index contributed by atoms with van der Waals surface area (Å²) < 4.78 is 19.9. The van der Waals surface area contributed by atoms with E-state index in [2.05, 4.69) is 9.80 Å². The Bertz CT molecular complexity index is 995. The summed E-state index contributed by atoms with van der Waals surface area (Å²) in [6.45, 7) is 5.32. The van der Waals surface area contributed by atoms with Gasteiger partial charge in [-0.3, -0.25) is 14.6 Å². The molecule has 0 saturated carbocycles. The highest BCUT2D eigenvalue weighted by atomic mass is 19.1. The molecule has 0 bridgehead atoms. The van der Waals surface area contributed by atoms with Gasteiger partial charge in [0.25, 0.3) is 5.91 Å². The molecule has 3 heterocycles. The lowest BCUT2D eigenvalue weighted by atomic mass is 9.82. The van der Waals surface area contributed by atoms with Gasteiger partial charge in [0.1, 0.15) is 5.82 Å². The summed E-state index contributed by atoms with van der Waals surface area (Å²) in [5, 5.41) is 19.3. The van der Waals surface area contributed by atoms with Gasteiger partial charge in [0, 0.05) is 39.3 Å². The molecule has 164 valence electrons. The first kappa shape index (κ1) is 20.2. The van der Waals surface area contributed by atoms with Crippen LogP contribution in [0.2, 0.25) is 0 Å². The Kier molecular flexibility index (Phi) is 5.08. The Morgan fingerprint density at radius 3 is 2.71 bits per heavy atom. The van der Waals surface area contributed by atoms with Crippen molar-refractivity contribution in [3.63, 3.8) is 0 Å². The summed E-state index contributed by atoms with van der Waals surface area (Å²) >= 11 is 0. The van der Waals surface area contributed by atoms with E-state index < -0.39 is 5.82 Å². The van der Waals surface area contributed by atoms with E-state index >= 15 is 0 Å². The minimum absolute atomic E-state index is 0.0955. The molecule has 2 N–H and O–H groups in total. The Hall–Kier alpha value is -2.68. The van der Waals surface area contributed by atoms with Crippen LogP contribution in [0.4, 0.5) is 4.39 Å². The maximum absolute atomic E-state index is 14.3. The van der Waals surface area contributed by atoms with Gasteiger partial charge < -0.3 is 19.8 Å². The number of amides is 1. The zero-order valence-electron chi connectivity index (χ0n) is 17.2. The molecule has 2 aromatic carbocycles. The van der Waals surface area contributed by atoms with Gasteiger partial charge in [-0.05, 0) is 29.8 Å². The smallest absolute Gasteiger partial charge is 0.256 e. The van der Waals surface area contributed by atoms with Gasteiger partial charge in [-0.25, -0.2) is 4.39 Å². The molecule has 0 aromatic heterocycles. The van der Waals surface area contributed by atoms with E-state index in [0.717, 1.165) is 25.2 Å². The van der Waals surface area contributed by atoms with E-state index in [1.54, 1.807) is 35.2 Å². The summed E-state index contributed by atoms with van der Waals surface area (Å²) in [7, 11) is 0. The molecule has 3 fully saturated rings. The molecule has 3 aliphatic rings. The van der Waals surface area contributed by atoms with Gasteiger partial charge in [0.05, 0.1) is 30.4 Å². The number of carbonyl (C=O) groups excluding carboxylic acids is 1. The number of morpholine rings is 1. The lowest BCUT2D eigenvalue weighted by molar-refractivity contribution is -0.160. The highest BCUT2D eigenvalue weighted by Gasteiger charge is 2.54. The van der Waals surface area contributed by atoms with Crippen LogP contribution in [0.3, 0.4) is 0 Å². The Balaban J connectivity index is 1.34. The quantitative estimate of drug-likeness (QED) is 0.726. The van der Waals surface area contributed by atoms with E-state index in [0.29, 0.717) is 32.8 Å². The molecule has 3 saturated heterocycles. The van der Waals surface area contributed by atoms with Gasteiger partial charge in [-0.2, -0.15) is 0 Å². The maximum Gasteiger partial charge on any atom is 0.256 e. The fourth-order valence-electron chi connectivity index (χ4n) is 5.26. The number of nitrogens with zero attached hydrogens (tertiary/aromatic N) is 3. The highest BCUT2D eigenvalue weighted by molar-refractivity contribution is 5.94. The number of aromatic hydroxyl groups is 2. The standard InChI is InChI=1S/C23H26FN3O4/c24-19-4-2-1-3-18(19)22(30)26-11-17-12-31-8-7-27(17)23(15-26)13-25(14-23)10-16-5-6-20(28)21(29)9-16/h1-6,9,17,28-29H,7-8,10-15H2. The summed E-state index contributed by atoms with van der Waals surface area (Å²) in [5.74, 6) is -1.02. The minimum Gasteiger partial charge on any atom is -0.504 e. The number of phenols is 2. The van der Waals surface area contributed by atoms with Crippen LogP contribution in [0.25, 0.3) is 0 Å². The van der Waals surface area contributed by atoms with Gasteiger partial charge in [0.15, 0.2) is 11.5 Å². The third kappa shape index (κ3) is 3.64. The number of phenolic OH excluding ortho intramolecular Hbond substituents is 2. The van der Waals surface area contributed by atoms with Gasteiger partial charge in [0.2, 0.25) is 0 Å². The third-order valence-electron chi connectivity index (χ3n) is 6.63. The summed E-state index contributed by atoms with van der Waals surface area (Å²) in [4.78, 5) is 19.6. The SMILES string of the molecule is O=C(c1ccccc1F)N1CC2COCCN2C2(CN(Cc3ccc(O)c(O)c3)C2)C1. The second-order valence-corrected chi connectivity index (χ2v) is 8.78. The third-order valence-corrected chi connectivity index (χ3v) is 6.63. The Morgan fingerprint density at radius 2 is 1.94 bits per heavy atom. The number of hydrogen-bond donors (Lipinski definition) is 2. The first-order valence-corrected chi connectivity index (χ1v) is 10.6. The minimum atomic E-state index is -0.494. The van der Waals surface area contributed by atoms with Gasteiger partial charge >= 0.3 is 0 Å². The van der Waals surface area contributed by atoms with E-state index in [1.165, 1.54) is 12.1 Å². The summed E-state index contributed by atoms with van der Waals surface area (Å²) in [6, 6.07) is 11.1. The molecule has 31 heavy (non-hydrogen) atoms. The van der Waals surface area contributed by atoms with Crippen LogP contribution in [0, 0.1) is 5.82 Å². The van der Waals surface area contributed by atoms with Crippen molar-refractivity contribution in [1.82, 2.24) is 14.7 Å². The van der Waals surface area contributed by atoms with Crippen molar-refractivity contribution < 1.29 is 24.1 Å². The number of piperazine rings is 1. The Morgan fingerprint density at radius 1 is 1.13 bits per heavy atom. The fraction of sp³-hybridized carbons (Fsp3) is 0.435. The number of fused-ring (bicyclic) bond motifs is 2. The predicted molar refractivity (Wildman–Crippen MR) is 111 cm³/mol. The van der Waals surface area contributed by atoms with E-state index in [1.807, 2.05) is 0 Å². The molecule has 2 aromatic rings. The van der Waals surface area contributed by atoms with E-state index in [4.69, 9.17) is 4.74 Å². The van der Waals surface area contributed by atoms with Crippen LogP contribution in [0.1, 0.15) is 15.9 Å². The second kappa shape index (κ2) is 7.78. The number of ether oxygens (including phenoxy) is 1. The number of benzene rings is 2. The van der Waals surface area contributed by atoms with Crippen molar-refractivity contribution in [2.45, 2.75) is 18.1 Å². The van der Waals surface area contributed by atoms with Crippen LogP contribution in [0.15, 0.2) is 42.5 Å². The molecule has 1 amide bonds. The monoisotopic (exact) mass is 427 g/mol. The summed E-state index contributed by atoms with van der Waals surface area (Å²) in [5.41, 5.74) is 0.837. The zero-order chi connectivity index (χ0) is 21.6. The largest absolute Gasteiger partial charge is 0.504 e. The fourth-order valence-corrected chi connectivity index (χ4v) is 5.26. The number of likely N-dealkylation sites (tertiary alicyclic amines) is 1. The molecule has 1 atom stereocenters. The molecule has 0 radical (unpaired) electrons. The zero-order valence-corrected chi connectivity index (χ0v) is 17.2. The Labute approximate surface area is 180 Å². The van der Waals surface area contributed by atoms with Gasteiger partial charge in [-0.15, -0.1) is 0 Å². The molecular formula is C23H26FN3O4. The maximum atomic E-state index is 14.3.